The first-order chi connectivity index (χ1) is 11.1. The summed E-state index contributed by atoms with van der Waals surface area (Å²) in [5.74, 6) is 0.592. The number of rotatable bonds is 5. The minimum Gasteiger partial charge on any atom is -0.299 e. The van der Waals surface area contributed by atoms with Gasteiger partial charge in [0.25, 0.3) is 0 Å². The molecule has 0 N–H and O–H groups in total. The van der Waals surface area contributed by atoms with Crippen molar-refractivity contribution in [3.63, 3.8) is 0 Å². The minimum atomic E-state index is -0.153. The summed E-state index contributed by atoms with van der Waals surface area (Å²) >= 11 is 0. The zero-order valence-corrected chi connectivity index (χ0v) is 13.5. The number of ketones is 2. The van der Waals surface area contributed by atoms with Crippen LogP contribution in [0.5, 0.6) is 0 Å². The van der Waals surface area contributed by atoms with Crippen molar-refractivity contribution in [2.75, 3.05) is 0 Å². The number of carbonyl (C=O) groups is 2. The highest BCUT2D eigenvalue weighted by Gasteiger charge is 2.24. The molecular formula is C21H22O2. The molecule has 2 unspecified atom stereocenters. The zero-order valence-electron chi connectivity index (χ0n) is 13.5. The van der Waals surface area contributed by atoms with Crippen LogP contribution in [-0.2, 0) is 11.2 Å². The largest absolute Gasteiger partial charge is 0.299 e. The van der Waals surface area contributed by atoms with Crippen LogP contribution >= 0.6 is 0 Å². The Morgan fingerprint density at radius 2 is 1.78 bits per heavy atom. The number of hydrogen-bond donors (Lipinski definition) is 0. The van der Waals surface area contributed by atoms with Crippen molar-refractivity contribution in [3.8, 4) is 0 Å². The molecule has 2 atom stereocenters. The molecule has 23 heavy (non-hydrogen) atoms. The molecule has 0 amide bonds. The number of benzene rings is 2. The van der Waals surface area contributed by atoms with Crippen molar-refractivity contribution >= 4 is 11.6 Å². The first kappa shape index (κ1) is 15.7. The summed E-state index contributed by atoms with van der Waals surface area (Å²) in [5.41, 5.74) is 2.97. The number of carbonyl (C=O) groups excluding carboxylic acids is 2. The maximum absolute atomic E-state index is 12.5. The van der Waals surface area contributed by atoms with E-state index in [0.29, 0.717) is 5.78 Å². The first-order valence-electron chi connectivity index (χ1n) is 8.36. The van der Waals surface area contributed by atoms with Crippen LogP contribution < -0.4 is 0 Å². The third-order valence-electron chi connectivity index (χ3n) is 4.84. The quantitative estimate of drug-likeness (QED) is 0.757. The smallest absolute Gasteiger partial charge is 0.170 e. The van der Waals surface area contributed by atoms with Crippen molar-refractivity contribution in [3.05, 3.63) is 71.3 Å². The normalized spacial score (nSPS) is 18.8. The molecule has 2 nitrogen and oxygen atoms in total. The van der Waals surface area contributed by atoms with Crippen LogP contribution in [0.2, 0.25) is 0 Å². The maximum atomic E-state index is 12.5. The highest BCUT2D eigenvalue weighted by Crippen LogP contribution is 2.26. The fourth-order valence-corrected chi connectivity index (χ4v) is 3.33. The van der Waals surface area contributed by atoms with Crippen LogP contribution in [0.15, 0.2) is 54.6 Å². The van der Waals surface area contributed by atoms with Gasteiger partial charge < -0.3 is 0 Å². The average Bonchev–Trinajstić information content (AvgIpc) is 3.00. The van der Waals surface area contributed by atoms with Crippen LogP contribution in [0.4, 0.5) is 0 Å². The van der Waals surface area contributed by atoms with E-state index in [1.54, 1.807) is 0 Å². The van der Waals surface area contributed by atoms with E-state index in [-0.39, 0.29) is 17.6 Å². The summed E-state index contributed by atoms with van der Waals surface area (Å²) in [5, 5.41) is 0. The van der Waals surface area contributed by atoms with E-state index in [9.17, 15) is 9.59 Å². The molecule has 1 fully saturated rings. The Morgan fingerprint density at radius 3 is 2.39 bits per heavy atom. The van der Waals surface area contributed by atoms with E-state index in [1.165, 1.54) is 5.56 Å². The highest BCUT2D eigenvalue weighted by atomic mass is 16.1. The van der Waals surface area contributed by atoms with Crippen LogP contribution in [0.1, 0.15) is 53.6 Å². The SMILES string of the molecule is CC(C(=O)c1ccccc1)c1ccc(CC2CCCC2=O)cc1. The third-order valence-corrected chi connectivity index (χ3v) is 4.84. The summed E-state index contributed by atoms with van der Waals surface area (Å²) in [7, 11) is 0. The van der Waals surface area contributed by atoms with Gasteiger partial charge in [-0.15, -0.1) is 0 Å². The minimum absolute atomic E-state index is 0.143. The molecule has 0 heterocycles. The molecular weight excluding hydrogens is 284 g/mol. The van der Waals surface area contributed by atoms with Gasteiger partial charge in [0.1, 0.15) is 5.78 Å². The van der Waals surface area contributed by atoms with Gasteiger partial charge in [-0.25, -0.2) is 0 Å². The molecule has 1 aliphatic carbocycles. The fourth-order valence-electron chi connectivity index (χ4n) is 3.33. The van der Waals surface area contributed by atoms with Crippen LogP contribution in [-0.4, -0.2) is 11.6 Å². The summed E-state index contributed by atoms with van der Waals surface area (Å²) < 4.78 is 0. The lowest BCUT2D eigenvalue weighted by atomic mass is 9.90. The molecule has 0 saturated heterocycles. The first-order valence-corrected chi connectivity index (χ1v) is 8.36. The van der Waals surface area contributed by atoms with Gasteiger partial charge in [0.2, 0.25) is 0 Å². The van der Waals surface area contributed by atoms with Gasteiger partial charge in [0.05, 0.1) is 0 Å². The van der Waals surface area contributed by atoms with Crippen molar-refractivity contribution in [1.82, 2.24) is 0 Å². The molecule has 0 aromatic heterocycles. The van der Waals surface area contributed by atoms with E-state index in [2.05, 4.69) is 12.1 Å². The molecule has 2 heteroatoms. The monoisotopic (exact) mass is 306 g/mol. The topological polar surface area (TPSA) is 34.1 Å². The summed E-state index contributed by atoms with van der Waals surface area (Å²) in [4.78, 5) is 24.3. The van der Waals surface area contributed by atoms with Crippen LogP contribution in [0.25, 0.3) is 0 Å². The Morgan fingerprint density at radius 1 is 1.09 bits per heavy atom. The second-order valence-corrected chi connectivity index (χ2v) is 6.45. The lowest BCUT2D eigenvalue weighted by Gasteiger charge is -2.13. The molecule has 1 aliphatic rings. The van der Waals surface area contributed by atoms with Gasteiger partial charge in [0.15, 0.2) is 5.78 Å². The maximum Gasteiger partial charge on any atom is 0.170 e. The van der Waals surface area contributed by atoms with Crippen LogP contribution in [0.3, 0.4) is 0 Å². The van der Waals surface area contributed by atoms with Gasteiger partial charge >= 0.3 is 0 Å². The summed E-state index contributed by atoms with van der Waals surface area (Å²) in [6.45, 7) is 1.95. The summed E-state index contributed by atoms with van der Waals surface area (Å²) in [6.07, 6.45) is 3.62. The molecule has 118 valence electrons. The Bertz CT molecular complexity index is 686. The Hall–Kier alpha value is -2.22. The number of hydrogen-bond acceptors (Lipinski definition) is 2. The van der Waals surface area contributed by atoms with Gasteiger partial charge in [-0.05, 0) is 30.4 Å². The van der Waals surface area contributed by atoms with Crippen LogP contribution in [0, 0.1) is 5.92 Å². The Labute approximate surface area is 137 Å². The second kappa shape index (κ2) is 6.91. The van der Waals surface area contributed by atoms with Crippen molar-refractivity contribution in [1.29, 1.82) is 0 Å². The molecule has 1 saturated carbocycles. The van der Waals surface area contributed by atoms with Crippen molar-refractivity contribution < 1.29 is 9.59 Å². The van der Waals surface area contributed by atoms with E-state index in [4.69, 9.17) is 0 Å². The van der Waals surface area contributed by atoms with E-state index in [0.717, 1.165) is 36.8 Å². The second-order valence-electron chi connectivity index (χ2n) is 6.45. The third kappa shape index (κ3) is 3.58. The molecule has 0 spiro atoms. The Kier molecular flexibility index (Phi) is 4.71. The predicted molar refractivity (Wildman–Crippen MR) is 91.7 cm³/mol. The summed E-state index contributed by atoms with van der Waals surface area (Å²) in [6, 6.07) is 17.6. The fraction of sp³-hybridized carbons (Fsp3) is 0.333. The molecule has 0 radical (unpaired) electrons. The van der Waals surface area contributed by atoms with Crippen molar-refractivity contribution in [2.24, 2.45) is 5.92 Å². The average molecular weight is 306 g/mol. The van der Waals surface area contributed by atoms with E-state index < -0.39 is 0 Å². The molecule has 3 rings (SSSR count). The lowest BCUT2D eigenvalue weighted by Crippen LogP contribution is -2.11. The predicted octanol–water partition coefficient (Wildman–Crippen LogP) is 4.58. The zero-order chi connectivity index (χ0) is 16.2. The molecule has 0 aliphatic heterocycles. The Balaban J connectivity index is 1.69. The van der Waals surface area contributed by atoms with Gasteiger partial charge in [-0.2, -0.15) is 0 Å². The standard InChI is InChI=1S/C21H22O2/c1-15(21(23)18-6-3-2-4-7-18)17-12-10-16(11-13-17)14-19-8-5-9-20(19)22/h2-4,6-7,10-13,15,19H,5,8-9,14H2,1H3. The highest BCUT2D eigenvalue weighted by molar-refractivity contribution is 6.00. The molecule has 2 aromatic carbocycles. The van der Waals surface area contributed by atoms with Gasteiger partial charge in [-0.3, -0.25) is 9.59 Å². The molecule has 2 aromatic rings. The molecule has 0 bridgehead atoms. The number of Topliss-reactive ketones (excluding diaryl/α,β-unsaturated/α-hetero) is 2. The lowest BCUT2D eigenvalue weighted by molar-refractivity contribution is -0.120. The van der Waals surface area contributed by atoms with E-state index in [1.807, 2.05) is 49.4 Å². The van der Waals surface area contributed by atoms with Crippen molar-refractivity contribution in [2.45, 2.75) is 38.5 Å². The van der Waals surface area contributed by atoms with Gasteiger partial charge in [0, 0.05) is 23.8 Å². The van der Waals surface area contributed by atoms with E-state index >= 15 is 0 Å². The van der Waals surface area contributed by atoms with Gasteiger partial charge in [-0.1, -0.05) is 61.5 Å².